The van der Waals surface area contributed by atoms with Crippen molar-refractivity contribution in [1.29, 1.82) is 0 Å². The maximum atomic E-state index is 11.7. The Hall–Kier alpha value is -1.04. The molecule has 1 saturated heterocycles. The lowest BCUT2D eigenvalue weighted by Crippen LogP contribution is -2.29. The van der Waals surface area contributed by atoms with Gasteiger partial charge in [-0.25, -0.2) is 4.98 Å². The van der Waals surface area contributed by atoms with Gasteiger partial charge in [0, 0.05) is 19.5 Å². The number of rotatable bonds is 6. The van der Waals surface area contributed by atoms with E-state index in [1.807, 2.05) is 25.4 Å². The number of aromatic nitrogens is 1. The number of pyridine rings is 1. The highest BCUT2D eigenvalue weighted by atomic mass is 35.5. The Labute approximate surface area is 145 Å². The Morgan fingerprint density at radius 1 is 1.23 bits per heavy atom. The number of hydrogen-bond acceptors (Lipinski definition) is 4. The fraction of sp³-hybridized carbons (Fsp3) is 0.600. The number of hydrogen-bond donors (Lipinski definition) is 2. The maximum absolute atomic E-state index is 11.7. The normalized spacial score (nSPS) is 13.8. The van der Waals surface area contributed by atoms with Crippen LogP contribution in [0.15, 0.2) is 18.3 Å². The van der Waals surface area contributed by atoms with Gasteiger partial charge in [0.15, 0.2) is 0 Å². The van der Waals surface area contributed by atoms with Gasteiger partial charge in [-0.15, -0.1) is 24.8 Å². The van der Waals surface area contributed by atoms with E-state index in [-0.39, 0.29) is 30.7 Å². The van der Waals surface area contributed by atoms with Gasteiger partial charge in [0.2, 0.25) is 5.91 Å². The number of carbonyl (C=O) groups excluding carboxylic acids is 1. The van der Waals surface area contributed by atoms with Crippen LogP contribution in [0.2, 0.25) is 0 Å². The van der Waals surface area contributed by atoms with Crippen molar-refractivity contribution in [1.82, 2.24) is 10.3 Å². The van der Waals surface area contributed by atoms with Crippen LogP contribution in [0.4, 0.5) is 11.5 Å². The average molecular weight is 349 g/mol. The maximum Gasteiger partial charge on any atom is 0.225 e. The minimum absolute atomic E-state index is 0. The molecule has 22 heavy (non-hydrogen) atoms. The van der Waals surface area contributed by atoms with Gasteiger partial charge in [-0.2, -0.15) is 0 Å². The number of piperidine rings is 1. The Balaban J connectivity index is 0.00000220. The van der Waals surface area contributed by atoms with E-state index in [4.69, 9.17) is 0 Å². The van der Waals surface area contributed by atoms with Gasteiger partial charge >= 0.3 is 0 Å². The molecule has 1 amide bonds. The van der Waals surface area contributed by atoms with Gasteiger partial charge in [0.1, 0.15) is 5.82 Å². The standard InChI is InChI=1S/C15H24N4O.2ClH/c1-16-9-5-6-15(20)18-14-8-7-13(12-17-14)19-10-3-2-4-11-19;;/h7-8,12,16H,2-6,9-11H2,1H3,(H,17,18,20);2*1H. The van der Waals surface area contributed by atoms with Crippen LogP contribution in [0.25, 0.3) is 0 Å². The predicted octanol–water partition coefficient (Wildman–Crippen LogP) is 2.85. The quantitative estimate of drug-likeness (QED) is 0.776. The summed E-state index contributed by atoms with van der Waals surface area (Å²) in [5, 5.41) is 5.86. The van der Waals surface area contributed by atoms with Gasteiger partial charge < -0.3 is 15.5 Å². The molecule has 1 fully saturated rings. The number of carbonyl (C=O) groups is 1. The third-order valence-electron chi connectivity index (χ3n) is 3.57. The highest BCUT2D eigenvalue weighted by molar-refractivity contribution is 5.89. The monoisotopic (exact) mass is 348 g/mol. The molecule has 126 valence electrons. The van der Waals surface area contributed by atoms with Crippen LogP contribution in [-0.2, 0) is 4.79 Å². The number of anilines is 2. The third kappa shape index (κ3) is 6.81. The van der Waals surface area contributed by atoms with Gasteiger partial charge in [0.05, 0.1) is 11.9 Å². The number of amides is 1. The van der Waals surface area contributed by atoms with Crippen molar-refractivity contribution in [2.24, 2.45) is 0 Å². The van der Waals surface area contributed by atoms with Crippen LogP contribution < -0.4 is 15.5 Å². The van der Waals surface area contributed by atoms with Crippen molar-refractivity contribution in [3.8, 4) is 0 Å². The van der Waals surface area contributed by atoms with E-state index < -0.39 is 0 Å². The molecular formula is C15H26Cl2N4O. The van der Waals surface area contributed by atoms with Crippen molar-refractivity contribution in [2.45, 2.75) is 32.1 Å². The molecule has 0 spiro atoms. The lowest BCUT2D eigenvalue weighted by molar-refractivity contribution is -0.116. The minimum atomic E-state index is 0. The number of nitrogens with one attached hydrogen (secondary N) is 2. The van der Waals surface area contributed by atoms with Gasteiger partial charge in [0.25, 0.3) is 0 Å². The highest BCUT2D eigenvalue weighted by Gasteiger charge is 2.11. The van der Waals surface area contributed by atoms with Crippen molar-refractivity contribution >= 4 is 42.2 Å². The van der Waals surface area contributed by atoms with Crippen molar-refractivity contribution < 1.29 is 4.79 Å². The molecule has 0 aliphatic carbocycles. The van der Waals surface area contributed by atoms with E-state index in [2.05, 4.69) is 20.5 Å². The Bertz CT molecular complexity index is 422. The first-order valence-corrected chi connectivity index (χ1v) is 7.45. The Morgan fingerprint density at radius 2 is 1.95 bits per heavy atom. The Kier molecular flexibility index (Phi) is 11.0. The largest absolute Gasteiger partial charge is 0.370 e. The number of nitrogens with zero attached hydrogens (tertiary/aromatic N) is 2. The smallest absolute Gasteiger partial charge is 0.225 e. The first kappa shape index (κ1) is 21.0. The number of halogens is 2. The third-order valence-corrected chi connectivity index (χ3v) is 3.57. The lowest BCUT2D eigenvalue weighted by atomic mass is 10.1. The minimum Gasteiger partial charge on any atom is -0.370 e. The van der Waals surface area contributed by atoms with E-state index in [0.717, 1.165) is 31.7 Å². The first-order valence-electron chi connectivity index (χ1n) is 7.45. The molecule has 1 aliphatic rings. The van der Waals surface area contributed by atoms with Gasteiger partial charge in [-0.3, -0.25) is 4.79 Å². The summed E-state index contributed by atoms with van der Waals surface area (Å²) in [6.07, 6.45) is 7.05. The molecule has 1 aromatic heterocycles. The molecule has 0 radical (unpaired) electrons. The fourth-order valence-corrected chi connectivity index (χ4v) is 2.43. The zero-order chi connectivity index (χ0) is 14.2. The van der Waals surface area contributed by atoms with E-state index in [0.29, 0.717) is 12.2 Å². The summed E-state index contributed by atoms with van der Waals surface area (Å²) < 4.78 is 0. The first-order chi connectivity index (χ1) is 9.79. The van der Waals surface area contributed by atoms with Crippen LogP contribution in [0.1, 0.15) is 32.1 Å². The van der Waals surface area contributed by atoms with Gasteiger partial charge in [-0.1, -0.05) is 0 Å². The Morgan fingerprint density at radius 3 is 2.55 bits per heavy atom. The summed E-state index contributed by atoms with van der Waals surface area (Å²) in [6.45, 7) is 3.07. The summed E-state index contributed by atoms with van der Waals surface area (Å²) in [5.74, 6) is 0.665. The lowest BCUT2D eigenvalue weighted by Gasteiger charge is -2.28. The second-order valence-corrected chi connectivity index (χ2v) is 5.20. The molecule has 0 saturated carbocycles. The topological polar surface area (TPSA) is 57.3 Å². The summed E-state index contributed by atoms with van der Waals surface area (Å²) in [5.41, 5.74) is 1.15. The van der Waals surface area contributed by atoms with E-state index in [1.165, 1.54) is 19.3 Å². The molecule has 2 rings (SSSR count). The van der Waals surface area contributed by atoms with Gasteiger partial charge in [-0.05, 0) is 51.4 Å². The zero-order valence-corrected chi connectivity index (χ0v) is 14.6. The summed E-state index contributed by atoms with van der Waals surface area (Å²) in [7, 11) is 1.89. The predicted molar refractivity (Wildman–Crippen MR) is 96.6 cm³/mol. The molecule has 0 aromatic carbocycles. The van der Waals surface area contributed by atoms with E-state index in [9.17, 15) is 4.79 Å². The molecule has 7 heteroatoms. The molecule has 0 unspecified atom stereocenters. The van der Waals surface area contributed by atoms with Crippen LogP contribution in [0.3, 0.4) is 0 Å². The molecule has 1 aliphatic heterocycles. The molecular weight excluding hydrogens is 323 g/mol. The molecule has 2 heterocycles. The van der Waals surface area contributed by atoms with Crippen LogP contribution in [0.5, 0.6) is 0 Å². The molecule has 2 N–H and O–H groups in total. The van der Waals surface area contributed by atoms with E-state index >= 15 is 0 Å². The SMILES string of the molecule is CNCCCC(=O)Nc1ccc(N2CCCCC2)cn1.Cl.Cl. The molecule has 1 aromatic rings. The second kappa shape index (κ2) is 11.5. The highest BCUT2D eigenvalue weighted by Crippen LogP contribution is 2.19. The van der Waals surface area contributed by atoms with Crippen molar-refractivity contribution in [3.05, 3.63) is 18.3 Å². The van der Waals surface area contributed by atoms with Crippen LogP contribution in [-0.4, -0.2) is 37.6 Å². The molecule has 0 atom stereocenters. The summed E-state index contributed by atoms with van der Waals surface area (Å²) >= 11 is 0. The van der Waals surface area contributed by atoms with E-state index in [1.54, 1.807) is 0 Å². The molecule has 0 bridgehead atoms. The van der Waals surface area contributed by atoms with Crippen LogP contribution >= 0.6 is 24.8 Å². The molecule has 5 nitrogen and oxygen atoms in total. The average Bonchev–Trinajstić information content (AvgIpc) is 2.49. The van der Waals surface area contributed by atoms with Crippen molar-refractivity contribution in [3.63, 3.8) is 0 Å². The second-order valence-electron chi connectivity index (χ2n) is 5.20. The van der Waals surface area contributed by atoms with Crippen molar-refractivity contribution in [2.75, 3.05) is 36.9 Å². The van der Waals surface area contributed by atoms with Crippen LogP contribution in [0, 0.1) is 0 Å². The summed E-state index contributed by atoms with van der Waals surface area (Å²) in [4.78, 5) is 18.4. The zero-order valence-electron chi connectivity index (χ0n) is 13.0. The fourth-order valence-electron chi connectivity index (χ4n) is 2.43. The summed E-state index contributed by atoms with van der Waals surface area (Å²) in [6, 6.07) is 3.93.